The number of carbonyl (C=O) groups excluding carboxylic acids is 1. The molecule has 0 spiro atoms. The number of fused-ring (bicyclic) bond motifs is 1. The molecule has 1 amide bonds. The van der Waals surface area contributed by atoms with E-state index in [1.807, 2.05) is 43.3 Å². The number of aromatic nitrogens is 1. The Kier molecular flexibility index (Phi) is 5.28. The van der Waals surface area contributed by atoms with Gasteiger partial charge in [0.1, 0.15) is 0 Å². The number of hydrogen-bond acceptors (Lipinski definition) is 3. The highest BCUT2D eigenvalue weighted by Crippen LogP contribution is 2.43. The van der Waals surface area contributed by atoms with Crippen molar-refractivity contribution in [2.75, 3.05) is 17.7 Å². The third-order valence-corrected chi connectivity index (χ3v) is 7.04. The lowest BCUT2D eigenvalue weighted by atomic mass is 10.0. The molecule has 5 heteroatoms. The molecular formula is C27H31N3O2. The van der Waals surface area contributed by atoms with Gasteiger partial charge < -0.3 is 15.2 Å². The average Bonchev–Trinajstić information content (AvgIpc) is 3.70. The number of nitrogens with zero attached hydrogens (tertiary/aromatic N) is 2. The van der Waals surface area contributed by atoms with Crippen molar-refractivity contribution in [1.29, 1.82) is 0 Å². The summed E-state index contributed by atoms with van der Waals surface area (Å²) in [6.45, 7) is 2.61. The Morgan fingerprint density at radius 1 is 1.09 bits per heavy atom. The van der Waals surface area contributed by atoms with Crippen LogP contribution in [0.4, 0.5) is 11.4 Å². The first-order valence-corrected chi connectivity index (χ1v) is 11.8. The Labute approximate surface area is 188 Å². The molecule has 2 aromatic carbocycles. The van der Waals surface area contributed by atoms with Crippen LogP contribution >= 0.6 is 0 Å². The molecule has 2 aliphatic carbocycles. The van der Waals surface area contributed by atoms with E-state index in [1.165, 1.54) is 24.8 Å². The van der Waals surface area contributed by atoms with Crippen molar-refractivity contribution in [2.45, 2.75) is 57.9 Å². The lowest BCUT2D eigenvalue weighted by molar-refractivity contribution is 0.0994. The molecule has 0 radical (unpaired) electrons. The highest BCUT2D eigenvalue weighted by molar-refractivity contribution is 6.09. The van der Waals surface area contributed by atoms with Crippen molar-refractivity contribution in [3.8, 4) is 0 Å². The molecule has 0 unspecified atom stereocenters. The summed E-state index contributed by atoms with van der Waals surface area (Å²) in [7, 11) is 1.79. The number of benzene rings is 2. The highest BCUT2D eigenvalue weighted by atomic mass is 16.2. The lowest BCUT2D eigenvalue weighted by Gasteiger charge is -2.21. The van der Waals surface area contributed by atoms with Crippen LogP contribution in [0.15, 0.2) is 47.3 Å². The van der Waals surface area contributed by atoms with Gasteiger partial charge in [0.15, 0.2) is 0 Å². The lowest BCUT2D eigenvalue weighted by Crippen LogP contribution is -2.27. The maximum Gasteiger partial charge on any atom is 0.260 e. The largest absolute Gasteiger partial charge is 0.398 e. The third kappa shape index (κ3) is 3.92. The number of carbonyl (C=O) groups is 1. The summed E-state index contributed by atoms with van der Waals surface area (Å²) in [5.74, 6) is 1.21. The van der Waals surface area contributed by atoms with Crippen LogP contribution in [0, 0.1) is 5.92 Å². The van der Waals surface area contributed by atoms with Crippen LogP contribution in [-0.2, 0) is 13.0 Å². The van der Waals surface area contributed by atoms with E-state index in [-0.39, 0.29) is 11.5 Å². The molecular weight excluding hydrogens is 398 g/mol. The Bertz CT molecular complexity index is 1250. The SMILES string of the molecule is CCn1c(=O)cc(C2CC2)c2cc(N(C)C(=O)c3ccc(CCC4CC4)cc3N)ccc21. The number of pyridine rings is 1. The number of nitrogen functional groups attached to an aromatic ring is 1. The van der Waals surface area contributed by atoms with Gasteiger partial charge in [-0.1, -0.05) is 18.9 Å². The van der Waals surface area contributed by atoms with Crippen LogP contribution < -0.4 is 16.2 Å². The maximum absolute atomic E-state index is 13.3. The molecule has 166 valence electrons. The molecule has 0 aliphatic heterocycles. The fourth-order valence-electron chi connectivity index (χ4n) is 4.70. The molecule has 32 heavy (non-hydrogen) atoms. The van der Waals surface area contributed by atoms with E-state index in [9.17, 15) is 9.59 Å². The van der Waals surface area contributed by atoms with Crippen LogP contribution in [0.1, 0.15) is 66.4 Å². The van der Waals surface area contributed by atoms with Gasteiger partial charge in [-0.25, -0.2) is 0 Å². The summed E-state index contributed by atoms with van der Waals surface area (Å²) in [5, 5.41) is 1.06. The third-order valence-electron chi connectivity index (χ3n) is 7.04. The molecule has 2 fully saturated rings. The highest BCUT2D eigenvalue weighted by Gasteiger charge is 2.27. The molecule has 2 aliphatic rings. The molecule has 3 aromatic rings. The number of aryl methyl sites for hydroxylation is 2. The number of nitrogens with two attached hydrogens (primary N) is 1. The second-order valence-electron chi connectivity index (χ2n) is 9.43. The molecule has 2 N–H and O–H groups in total. The second-order valence-corrected chi connectivity index (χ2v) is 9.43. The first-order valence-electron chi connectivity index (χ1n) is 11.8. The number of rotatable bonds is 7. The van der Waals surface area contributed by atoms with Crippen LogP contribution in [0.2, 0.25) is 0 Å². The minimum Gasteiger partial charge on any atom is -0.398 e. The van der Waals surface area contributed by atoms with Crippen LogP contribution in [0.5, 0.6) is 0 Å². The zero-order valence-corrected chi connectivity index (χ0v) is 18.9. The smallest absolute Gasteiger partial charge is 0.260 e. The van der Waals surface area contributed by atoms with Crippen molar-refractivity contribution < 1.29 is 4.79 Å². The second kappa shape index (κ2) is 8.12. The summed E-state index contributed by atoms with van der Waals surface area (Å²) < 4.78 is 1.80. The summed E-state index contributed by atoms with van der Waals surface area (Å²) >= 11 is 0. The molecule has 0 atom stereocenters. The van der Waals surface area contributed by atoms with E-state index >= 15 is 0 Å². The average molecular weight is 430 g/mol. The van der Waals surface area contributed by atoms with Gasteiger partial charge in [-0.15, -0.1) is 0 Å². The topological polar surface area (TPSA) is 68.3 Å². The van der Waals surface area contributed by atoms with E-state index in [1.54, 1.807) is 22.6 Å². The van der Waals surface area contributed by atoms with E-state index < -0.39 is 0 Å². The van der Waals surface area contributed by atoms with E-state index in [0.29, 0.717) is 23.7 Å². The van der Waals surface area contributed by atoms with Crippen molar-refractivity contribution in [2.24, 2.45) is 5.92 Å². The van der Waals surface area contributed by atoms with Gasteiger partial charge in [-0.05, 0) is 85.9 Å². The van der Waals surface area contributed by atoms with Gasteiger partial charge in [-0.2, -0.15) is 0 Å². The summed E-state index contributed by atoms with van der Waals surface area (Å²) in [4.78, 5) is 27.5. The Morgan fingerprint density at radius 2 is 1.88 bits per heavy atom. The first-order chi connectivity index (χ1) is 15.5. The minimum atomic E-state index is -0.118. The van der Waals surface area contributed by atoms with E-state index in [2.05, 4.69) is 0 Å². The summed E-state index contributed by atoms with van der Waals surface area (Å²) in [6.07, 6.45) is 7.16. The molecule has 1 aromatic heterocycles. The van der Waals surface area contributed by atoms with Crippen molar-refractivity contribution >= 4 is 28.2 Å². The van der Waals surface area contributed by atoms with Gasteiger partial charge in [0.05, 0.1) is 11.1 Å². The molecule has 2 saturated carbocycles. The zero-order chi connectivity index (χ0) is 22.4. The van der Waals surface area contributed by atoms with Gasteiger partial charge in [0.25, 0.3) is 11.5 Å². The molecule has 1 heterocycles. The van der Waals surface area contributed by atoms with Gasteiger partial charge in [0.2, 0.25) is 0 Å². The van der Waals surface area contributed by atoms with Crippen molar-refractivity contribution in [3.05, 3.63) is 69.5 Å². The minimum absolute atomic E-state index is 0.0497. The van der Waals surface area contributed by atoms with Crippen LogP contribution in [0.3, 0.4) is 0 Å². The van der Waals surface area contributed by atoms with Crippen molar-refractivity contribution in [3.63, 3.8) is 0 Å². The Morgan fingerprint density at radius 3 is 2.53 bits per heavy atom. The van der Waals surface area contributed by atoms with Gasteiger partial charge in [-0.3, -0.25) is 9.59 Å². The quantitative estimate of drug-likeness (QED) is 0.531. The molecule has 5 nitrogen and oxygen atoms in total. The fraction of sp³-hybridized carbons (Fsp3) is 0.407. The standard InChI is InChI=1S/C27H31N3O2/c1-3-30-25-13-11-20(15-23(25)22(16-26(30)31)19-9-10-19)29(2)27(32)21-12-8-18(14-24(21)28)7-6-17-4-5-17/h8,11-17,19H,3-7,9-10,28H2,1-2H3. The van der Waals surface area contributed by atoms with Crippen LogP contribution in [-0.4, -0.2) is 17.5 Å². The van der Waals surface area contributed by atoms with Crippen molar-refractivity contribution in [1.82, 2.24) is 4.57 Å². The van der Waals surface area contributed by atoms with Crippen LogP contribution in [0.25, 0.3) is 10.9 Å². The normalized spacial score (nSPS) is 15.8. The van der Waals surface area contributed by atoms with Gasteiger partial charge >= 0.3 is 0 Å². The monoisotopic (exact) mass is 429 g/mol. The zero-order valence-electron chi connectivity index (χ0n) is 18.9. The molecule has 0 bridgehead atoms. The Balaban J connectivity index is 1.45. The van der Waals surface area contributed by atoms with Gasteiger partial charge in [0, 0.05) is 36.4 Å². The summed E-state index contributed by atoms with van der Waals surface area (Å²) in [5.41, 5.74) is 11.5. The number of anilines is 2. The molecule has 0 saturated heterocycles. The predicted octanol–water partition coefficient (Wildman–Crippen LogP) is 5.10. The summed E-state index contributed by atoms with van der Waals surface area (Å²) in [6, 6.07) is 13.6. The number of amides is 1. The van der Waals surface area contributed by atoms with E-state index in [0.717, 1.165) is 47.3 Å². The Hall–Kier alpha value is -3.08. The van der Waals surface area contributed by atoms with E-state index in [4.69, 9.17) is 5.73 Å². The first kappa shape index (κ1) is 20.8. The fourth-order valence-corrected chi connectivity index (χ4v) is 4.70. The molecule has 5 rings (SSSR count). The maximum atomic E-state index is 13.3. The number of hydrogen-bond donors (Lipinski definition) is 1. The predicted molar refractivity (Wildman–Crippen MR) is 130 cm³/mol.